The third kappa shape index (κ3) is 4.24. The lowest BCUT2D eigenvalue weighted by Crippen LogP contribution is -2.38. The topological polar surface area (TPSA) is 114 Å². The highest BCUT2D eigenvalue weighted by atomic mass is 16.6. The van der Waals surface area contributed by atoms with Gasteiger partial charge in [-0.2, -0.15) is 0 Å². The van der Waals surface area contributed by atoms with Gasteiger partial charge in [0.25, 0.3) is 5.69 Å². The maximum absolute atomic E-state index is 12.6. The zero-order chi connectivity index (χ0) is 20.9. The number of anilines is 2. The Labute approximate surface area is 172 Å². The first kappa shape index (κ1) is 19.4. The number of aromatic nitrogens is 3. The highest BCUT2D eigenvalue weighted by Gasteiger charge is 2.27. The van der Waals surface area contributed by atoms with Crippen LogP contribution in [0.3, 0.4) is 0 Å². The lowest BCUT2D eigenvalue weighted by atomic mass is 9.95. The Balaban J connectivity index is 1.36. The molecule has 0 saturated carbocycles. The number of pyridine rings is 1. The minimum atomic E-state index is -0.494. The standard InChI is InChI=1S/C21H20N6O3/c28-21(23-18-5-1-2-6-19(18)27(29)30)15-9-12-26(13-10-15)20-8-7-17(24-25-20)16-4-3-11-22-14-16/h1-8,11,14-15H,9-10,12-13H2,(H,23,28). The number of para-hydroxylation sites is 2. The number of carbonyl (C=O) groups excluding carboxylic acids is 1. The second-order valence-electron chi connectivity index (χ2n) is 7.04. The summed E-state index contributed by atoms with van der Waals surface area (Å²) in [4.78, 5) is 29.4. The first-order chi connectivity index (χ1) is 14.6. The fourth-order valence-corrected chi connectivity index (χ4v) is 3.51. The molecule has 4 rings (SSSR count). The summed E-state index contributed by atoms with van der Waals surface area (Å²) in [5.74, 6) is 0.367. The average Bonchev–Trinajstić information content (AvgIpc) is 2.80. The number of carbonyl (C=O) groups is 1. The molecule has 30 heavy (non-hydrogen) atoms. The number of amides is 1. The fraction of sp³-hybridized carbons (Fsp3) is 0.238. The molecule has 1 aromatic carbocycles. The number of hydrogen-bond acceptors (Lipinski definition) is 7. The lowest BCUT2D eigenvalue weighted by Gasteiger charge is -2.31. The summed E-state index contributed by atoms with van der Waals surface area (Å²) in [5, 5.41) is 22.4. The molecule has 1 N–H and O–H groups in total. The Morgan fingerprint density at radius 3 is 2.53 bits per heavy atom. The Bertz CT molecular complexity index is 1030. The van der Waals surface area contributed by atoms with Crippen LogP contribution in [-0.2, 0) is 4.79 Å². The first-order valence-electron chi connectivity index (χ1n) is 9.65. The normalized spacial score (nSPS) is 14.3. The van der Waals surface area contributed by atoms with Gasteiger partial charge in [-0.3, -0.25) is 19.9 Å². The van der Waals surface area contributed by atoms with Crippen LogP contribution in [0.5, 0.6) is 0 Å². The maximum Gasteiger partial charge on any atom is 0.292 e. The van der Waals surface area contributed by atoms with Crippen LogP contribution in [0.2, 0.25) is 0 Å². The summed E-state index contributed by atoms with van der Waals surface area (Å²) in [5.41, 5.74) is 1.78. The highest BCUT2D eigenvalue weighted by Crippen LogP contribution is 2.27. The highest BCUT2D eigenvalue weighted by molar-refractivity contribution is 5.94. The molecule has 1 aliphatic heterocycles. The first-order valence-corrected chi connectivity index (χ1v) is 9.65. The lowest BCUT2D eigenvalue weighted by molar-refractivity contribution is -0.383. The van der Waals surface area contributed by atoms with Crippen LogP contribution >= 0.6 is 0 Å². The van der Waals surface area contributed by atoms with E-state index in [4.69, 9.17) is 0 Å². The molecule has 1 amide bonds. The van der Waals surface area contributed by atoms with E-state index < -0.39 is 4.92 Å². The van der Waals surface area contributed by atoms with Crippen molar-refractivity contribution in [1.82, 2.24) is 15.2 Å². The second kappa shape index (κ2) is 8.64. The van der Waals surface area contributed by atoms with Gasteiger partial charge >= 0.3 is 0 Å². The van der Waals surface area contributed by atoms with E-state index in [0.29, 0.717) is 25.9 Å². The summed E-state index contributed by atoms with van der Waals surface area (Å²) in [6.45, 7) is 1.33. The zero-order valence-corrected chi connectivity index (χ0v) is 16.1. The second-order valence-corrected chi connectivity index (χ2v) is 7.04. The number of nitro groups is 1. The molecule has 3 aromatic rings. The van der Waals surface area contributed by atoms with Gasteiger partial charge in [0, 0.05) is 43.0 Å². The van der Waals surface area contributed by atoms with E-state index in [1.165, 1.54) is 6.07 Å². The van der Waals surface area contributed by atoms with Crippen LogP contribution in [-0.4, -0.2) is 39.1 Å². The van der Waals surface area contributed by atoms with E-state index in [9.17, 15) is 14.9 Å². The molecule has 0 spiro atoms. The monoisotopic (exact) mass is 404 g/mol. The smallest absolute Gasteiger partial charge is 0.292 e. The molecule has 0 radical (unpaired) electrons. The van der Waals surface area contributed by atoms with Crippen LogP contribution < -0.4 is 10.2 Å². The van der Waals surface area contributed by atoms with Crippen molar-refractivity contribution in [2.45, 2.75) is 12.8 Å². The number of piperidine rings is 1. The number of nitrogens with zero attached hydrogens (tertiary/aromatic N) is 5. The van der Waals surface area contributed by atoms with Crippen LogP contribution in [0.1, 0.15) is 12.8 Å². The summed E-state index contributed by atoms with van der Waals surface area (Å²) in [7, 11) is 0. The van der Waals surface area contributed by atoms with E-state index in [1.54, 1.807) is 30.6 Å². The molecule has 3 heterocycles. The Morgan fingerprint density at radius 2 is 1.87 bits per heavy atom. The Morgan fingerprint density at radius 1 is 1.07 bits per heavy atom. The molecule has 152 valence electrons. The largest absolute Gasteiger partial charge is 0.355 e. The molecule has 0 unspecified atom stereocenters. The minimum Gasteiger partial charge on any atom is -0.355 e. The number of rotatable bonds is 5. The van der Waals surface area contributed by atoms with Gasteiger partial charge in [-0.1, -0.05) is 12.1 Å². The van der Waals surface area contributed by atoms with E-state index in [1.807, 2.05) is 24.3 Å². The van der Waals surface area contributed by atoms with Gasteiger partial charge in [-0.25, -0.2) is 0 Å². The summed E-state index contributed by atoms with van der Waals surface area (Å²) in [6.07, 6.45) is 4.73. The molecule has 1 saturated heterocycles. The molecule has 0 aliphatic carbocycles. The number of benzene rings is 1. The SMILES string of the molecule is O=C(Nc1ccccc1[N+](=O)[O-])C1CCN(c2ccc(-c3cccnc3)nn2)CC1. The minimum absolute atomic E-state index is 0.104. The molecule has 1 aliphatic rings. The quantitative estimate of drug-likeness (QED) is 0.512. The van der Waals surface area contributed by atoms with Crippen molar-refractivity contribution in [3.63, 3.8) is 0 Å². The van der Waals surface area contributed by atoms with Gasteiger partial charge in [0.2, 0.25) is 5.91 Å². The molecular formula is C21H20N6O3. The summed E-state index contributed by atoms with van der Waals surface area (Å²) < 4.78 is 0. The Hall–Kier alpha value is -3.88. The van der Waals surface area contributed by atoms with E-state index in [-0.39, 0.29) is 23.2 Å². The van der Waals surface area contributed by atoms with Crippen molar-refractivity contribution < 1.29 is 9.72 Å². The third-order valence-electron chi connectivity index (χ3n) is 5.16. The van der Waals surface area contributed by atoms with Gasteiger partial charge < -0.3 is 10.2 Å². The molecule has 9 heteroatoms. The van der Waals surface area contributed by atoms with E-state index >= 15 is 0 Å². The predicted molar refractivity (Wildman–Crippen MR) is 112 cm³/mol. The van der Waals surface area contributed by atoms with Crippen molar-refractivity contribution >= 4 is 23.1 Å². The average molecular weight is 404 g/mol. The van der Waals surface area contributed by atoms with Crippen molar-refractivity contribution in [2.24, 2.45) is 5.92 Å². The van der Waals surface area contributed by atoms with E-state index in [2.05, 4.69) is 25.4 Å². The fourth-order valence-electron chi connectivity index (χ4n) is 3.51. The predicted octanol–water partition coefficient (Wildman–Crippen LogP) is 3.30. The van der Waals surface area contributed by atoms with Crippen molar-refractivity contribution in [1.29, 1.82) is 0 Å². The van der Waals surface area contributed by atoms with Gasteiger partial charge in [0.05, 0.1) is 10.6 Å². The molecule has 2 aromatic heterocycles. The van der Waals surface area contributed by atoms with Gasteiger partial charge in [0.15, 0.2) is 5.82 Å². The number of nitrogens with one attached hydrogen (secondary N) is 1. The van der Waals surface area contributed by atoms with Crippen LogP contribution in [0.15, 0.2) is 60.9 Å². The Kier molecular flexibility index (Phi) is 5.60. The molecule has 0 bridgehead atoms. The van der Waals surface area contributed by atoms with Crippen LogP contribution in [0, 0.1) is 16.0 Å². The molecule has 0 atom stereocenters. The summed E-state index contributed by atoms with van der Waals surface area (Å²) in [6, 6.07) is 13.8. The summed E-state index contributed by atoms with van der Waals surface area (Å²) >= 11 is 0. The van der Waals surface area contributed by atoms with Gasteiger partial charge in [0.1, 0.15) is 5.69 Å². The van der Waals surface area contributed by atoms with Crippen molar-refractivity contribution in [3.05, 3.63) is 71.0 Å². The maximum atomic E-state index is 12.6. The number of nitro benzene ring substituents is 1. The zero-order valence-electron chi connectivity index (χ0n) is 16.1. The number of hydrogen-bond donors (Lipinski definition) is 1. The molecule has 9 nitrogen and oxygen atoms in total. The van der Waals surface area contributed by atoms with Crippen molar-refractivity contribution in [2.75, 3.05) is 23.3 Å². The van der Waals surface area contributed by atoms with Crippen molar-refractivity contribution in [3.8, 4) is 11.3 Å². The van der Waals surface area contributed by atoms with Crippen LogP contribution in [0.4, 0.5) is 17.2 Å². The molecule has 1 fully saturated rings. The molecular weight excluding hydrogens is 384 g/mol. The third-order valence-corrected chi connectivity index (χ3v) is 5.16. The van der Waals surface area contributed by atoms with Gasteiger partial charge in [-0.05, 0) is 43.2 Å². The van der Waals surface area contributed by atoms with Crippen LogP contribution in [0.25, 0.3) is 11.3 Å². The van der Waals surface area contributed by atoms with Gasteiger partial charge in [-0.15, -0.1) is 10.2 Å². The van der Waals surface area contributed by atoms with E-state index in [0.717, 1.165) is 17.1 Å².